The summed E-state index contributed by atoms with van der Waals surface area (Å²) >= 11 is 0. The van der Waals surface area contributed by atoms with Crippen LogP contribution in [0.25, 0.3) is 0 Å². The molecule has 1 aromatic heterocycles. The van der Waals surface area contributed by atoms with E-state index in [1.807, 2.05) is 19.2 Å². The molecule has 0 aliphatic heterocycles. The molecule has 1 aromatic rings. The van der Waals surface area contributed by atoms with Gasteiger partial charge >= 0.3 is 0 Å². The largest absolute Gasteiger partial charge is 0.384 e. The Kier molecular flexibility index (Phi) is 4.16. The van der Waals surface area contributed by atoms with E-state index in [4.69, 9.17) is 0 Å². The molecule has 0 saturated carbocycles. The Morgan fingerprint density at radius 2 is 2.00 bits per heavy atom. The molecule has 0 aliphatic rings. The number of pyridine rings is 1. The van der Waals surface area contributed by atoms with Crippen molar-refractivity contribution in [2.75, 3.05) is 11.9 Å². The maximum Gasteiger partial charge on any atom is 0.250 e. The first-order valence-electron chi connectivity index (χ1n) is 5.87. The third-order valence-corrected chi connectivity index (χ3v) is 2.53. The zero-order valence-corrected chi connectivity index (χ0v) is 10.7. The van der Waals surface area contributed by atoms with Crippen LogP contribution in [-0.2, 0) is 6.54 Å². The first-order chi connectivity index (χ1) is 7.42. The lowest BCUT2D eigenvalue weighted by Gasteiger charge is -2.18. The molecule has 0 radical (unpaired) electrons. The van der Waals surface area contributed by atoms with Crippen LogP contribution in [0.2, 0.25) is 0 Å². The van der Waals surface area contributed by atoms with Crippen molar-refractivity contribution in [1.29, 1.82) is 0 Å². The maximum absolute atomic E-state index is 11.4. The van der Waals surface area contributed by atoms with Gasteiger partial charge in [0.1, 0.15) is 0 Å². The smallest absolute Gasteiger partial charge is 0.250 e. The Morgan fingerprint density at radius 1 is 1.31 bits per heavy atom. The van der Waals surface area contributed by atoms with Gasteiger partial charge in [-0.25, -0.2) is 0 Å². The molecule has 0 amide bonds. The van der Waals surface area contributed by atoms with Crippen molar-refractivity contribution >= 4 is 5.69 Å². The Hall–Kier alpha value is -1.25. The van der Waals surface area contributed by atoms with Crippen LogP contribution >= 0.6 is 0 Å². The fourth-order valence-electron chi connectivity index (χ4n) is 1.46. The van der Waals surface area contributed by atoms with E-state index < -0.39 is 0 Å². The summed E-state index contributed by atoms with van der Waals surface area (Å²) in [6, 6.07) is 3.46. The summed E-state index contributed by atoms with van der Waals surface area (Å²) in [6.45, 7) is 10.3. The third kappa shape index (κ3) is 4.09. The lowest BCUT2D eigenvalue weighted by atomic mass is 9.92. The second-order valence-corrected chi connectivity index (χ2v) is 5.28. The zero-order valence-electron chi connectivity index (χ0n) is 10.7. The van der Waals surface area contributed by atoms with E-state index in [0.717, 1.165) is 18.7 Å². The molecule has 16 heavy (non-hydrogen) atoms. The number of anilines is 1. The summed E-state index contributed by atoms with van der Waals surface area (Å²) in [6.07, 6.45) is 2.99. The number of hydrogen-bond donors (Lipinski definition) is 1. The van der Waals surface area contributed by atoms with Gasteiger partial charge in [0.05, 0.1) is 5.69 Å². The summed E-state index contributed by atoms with van der Waals surface area (Å²) in [5.74, 6) is 0. The first-order valence-corrected chi connectivity index (χ1v) is 5.87. The highest BCUT2D eigenvalue weighted by Gasteiger charge is 2.08. The topological polar surface area (TPSA) is 34.0 Å². The SMILES string of the molecule is CCn1cc(NCCC(C)(C)C)ccc1=O. The molecular weight excluding hydrogens is 200 g/mol. The van der Waals surface area contributed by atoms with E-state index in [1.54, 1.807) is 10.6 Å². The van der Waals surface area contributed by atoms with E-state index >= 15 is 0 Å². The molecule has 0 aromatic carbocycles. The molecule has 3 nitrogen and oxygen atoms in total. The molecule has 1 heterocycles. The molecular formula is C13H22N2O. The van der Waals surface area contributed by atoms with Crippen molar-refractivity contribution in [3.05, 3.63) is 28.7 Å². The molecule has 0 unspecified atom stereocenters. The lowest BCUT2D eigenvalue weighted by molar-refractivity contribution is 0.390. The first kappa shape index (κ1) is 12.8. The van der Waals surface area contributed by atoms with Gasteiger partial charge in [-0.3, -0.25) is 4.79 Å². The van der Waals surface area contributed by atoms with Crippen LogP contribution in [-0.4, -0.2) is 11.1 Å². The highest BCUT2D eigenvalue weighted by atomic mass is 16.1. The van der Waals surface area contributed by atoms with Crippen LogP contribution in [0.3, 0.4) is 0 Å². The Balaban J connectivity index is 2.58. The van der Waals surface area contributed by atoms with Gasteiger partial charge in [-0.2, -0.15) is 0 Å². The van der Waals surface area contributed by atoms with E-state index in [0.29, 0.717) is 12.0 Å². The van der Waals surface area contributed by atoms with Gasteiger partial charge in [0.25, 0.3) is 5.56 Å². The molecule has 1 N–H and O–H groups in total. The van der Waals surface area contributed by atoms with Gasteiger partial charge in [0.2, 0.25) is 0 Å². The van der Waals surface area contributed by atoms with Gasteiger partial charge in [-0.1, -0.05) is 20.8 Å². The van der Waals surface area contributed by atoms with Gasteiger partial charge < -0.3 is 9.88 Å². The quantitative estimate of drug-likeness (QED) is 0.850. The number of hydrogen-bond acceptors (Lipinski definition) is 2. The van der Waals surface area contributed by atoms with Gasteiger partial charge in [-0.05, 0) is 24.8 Å². The summed E-state index contributed by atoms with van der Waals surface area (Å²) in [5.41, 5.74) is 1.42. The minimum Gasteiger partial charge on any atom is -0.384 e. The van der Waals surface area contributed by atoms with Crippen molar-refractivity contribution in [1.82, 2.24) is 4.57 Å². The van der Waals surface area contributed by atoms with Crippen LogP contribution < -0.4 is 10.9 Å². The average Bonchev–Trinajstić information content (AvgIpc) is 2.18. The van der Waals surface area contributed by atoms with Crippen LogP contribution in [0.4, 0.5) is 5.69 Å². The van der Waals surface area contributed by atoms with Crippen LogP contribution in [0.15, 0.2) is 23.1 Å². The number of rotatable bonds is 4. The molecule has 0 spiro atoms. The molecule has 1 rings (SSSR count). The minimum atomic E-state index is 0.0591. The summed E-state index contributed by atoms with van der Waals surface area (Å²) in [4.78, 5) is 11.4. The highest BCUT2D eigenvalue weighted by molar-refractivity contribution is 5.40. The standard InChI is InChI=1S/C13H22N2O/c1-5-15-10-11(6-7-12(15)16)14-9-8-13(2,3)4/h6-7,10,14H,5,8-9H2,1-4H3. The van der Waals surface area contributed by atoms with E-state index in [1.165, 1.54) is 0 Å². The molecule has 0 aliphatic carbocycles. The molecule has 90 valence electrons. The van der Waals surface area contributed by atoms with Gasteiger partial charge in [0.15, 0.2) is 0 Å². The molecule has 0 atom stereocenters. The Bertz CT molecular complexity index is 388. The Labute approximate surface area is 97.5 Å². The van der Waals surface area contributed by atoms with E-state index in [9.17, 15) is 4.79 Å². The molecule has 3 heteroatoms. The average molecular weight is 222 g/mol. The molecule has 0 fully saturated rings. The van der Waals surface area contributed by atoms with E-state index in [2.05, 4.69) is 26.1 Å². The van der Waals surface area contributed by atoms with Crippen molar-refractivity contribution in [2.45, 2.75) is 40.7 Å². The minimum absolute atomic E-state index is 0.0591. The monoisotopic (exact) mass is 222 g/mol. The number of nitrogens with one attached hydrogen (secondary N) is 1. The van der Waals surface area contributed by atoms with E-state index in [-0.39, 0.29) is 5.56 Å². The predicted octanol–water partition coefficient (Wildman–Crippen LogP) is 2.72. The fourth-order valence-corrected chi connectivity index (χ4v) is 1.46. The molecule has 0 saturated heterocycles. The van der Waals surface area contributed by atoms with Crippen molar-refractivity contribution in [3.8, 4) is 0 Å². The Morgan fingerprint density at radius 3 is 2.56 bits per heavy atom. The maximum atomic E-state index is 11.4. The zero-order chi connectivity index (χ0) is 12.2. The van der Waals surface area contributed by atoms with Gasteiger partial charge in [0, 0.05) is 25.4 Å². The summed E-state index contributed by atoms with van der Waals surface area (Å²) in [5, 5.41) is 3.34. The summed E-state index contributed by atoms with van der Waals surface area (Å²) < 4.78 is 1.71. The predicted molar refractivity (Wildman–Crippen MR) is 68.9 cm³/mol. The normalized spacial score (nSPS) is 11.5. The third-order valence-electron chi connectivity index (χ3n) is 2.53. The van der Waals surface area contributed by atoms with Crippen molar-refractivity contribution in [2.24, 2.45) is 5.41 Å². The van der Waals surface area contributed by atoms with Crippen LogP contribution in [0.5, 0.6) is 0 Å². The van der Waals surface area contributed by atoms with Crippen LogP contribution in [0.1, 0.15) is 34.1 Å². The second-order valence-electron chi connectivity index (χ2n) is 5.28. The number of nitrogens with zero attached hydrogens (tertiary/aromatic N) is 1. The second kappa shape index (κ2) is 5.19. The highest BCUT2D eigenvalue weighted by Crippen LogP contribution is 2.18. The number of aryl methyl sites for hydroxylation is 1. The van der Waals surface area contributed by atoms with Crippen molar-refractivity contribution in [3.63, 3.8) is 0 Å². The number of aromatic nitrogens is 1. The van der Waals surface area contributed by atoms with Crippen molar-refractivity contribution < 1.29 is 0 Å². The van der Waals surface area contributed by atoms with Crippen LogP contribution in [0, 0.1) is 5.41 Å². The van der Waals surface area contributed by atoms with Gasteiger partial charge in [-0.15, -0.1) is 0 Å². The summed E-state index contributed by atoms with van der Waals surface area (Å²) in [7, 11) is 0. The fraction of sp³-hybridized carbons (Fsp3) is 0.615. The lowest BCUT2D eigenvalue weighted by Crippen LogP contribution is -2.19. The molecule has 0 bridgehead atoms.